The van der Waals surface area contributed by atoms with Crippen LogP contribution in [0.25, 0.3) is 0 Å². The highest BCUT2D eigenvalue weighted by Gasteiger charge is 2.16. The summed E-state index contributed by atoms with van der Waals surface area (Å²) in [6.45, 7) is 5.90. The van der Waals surface area contributed by atoms with Gasteiger partial charge in [0.05, 0.1) is 11.3 Å². The minimum Gasteiger partial charge on any atom is -0.422 e. The molecule has 0 saturated carbocycles. The summed E-state index contributed by atoms with van der Waals surface area (Å²) in [4.78, 5) is 12.8. The number of nitrogens with one attached hydrogen (secondary N) is 1. The van der Waals surface area contributed by atoms with Crippen molar-refractivity contribution >= 4 is 17.3 Å². The summed E-state index contributed by atoms with van der Waals surface area (Å²) in [5.41, 5.74) is 5.20. The van der Waals surface area contributed by atoms with Crippen LogP contribution in [0.2, 0.25) is 0 Å². The van der Waals surface area contributed by atoms with Gasteiger partial charge in [-0.05, 0) is 55.7 Å². The SMILES string of the molecule is Cc1ccccc1Nc1ccccc1C(=O)Oc1c(C)cccc1C. The van der Waals surface area contributed by atoms with Gasteiger partial charge in [0.1, 0.15) is 5.75 Å². The maximum Gasteiger partial charge on any atom is 0.345 e. The minimum absolute atomic E-state index is 0.367. The maximum absolute atomic E-state index is 12.8. The minimum atomic E-state index is -0.367. The molecular weight excluding hydrogens is 310 g/mol. The molecule has 0 spiro atoms. The van der Waals surface area contributed by atoms with E-state index < -0.39 is 0 Å². The van der Waals surface area contributed by atoms with Gasteiger partial charge in [0.15, 0.2) is 0 Å². The van der Waals surface area contributed by atoms with Crippen LogP contribution in [0.5, 0.6) is 5.75 Å². The van der Waals surface area contributed by atoms with Gasteiger partial charge in [-0.1, -0.05) is 48.5 Å². The Morgan fingerprint density at radius 2 is 1.28 bits per heavy atom. The molecule has 0 aliphatic rings. The Balaban J connectivity index is 1.90. The van der Waals surface area contributed by atoms with Gasteiger partial charge in [-0.3, -0.25) is 0 Å². The Bertz CT molecular complexity index is 895. The van der Waals surface area contributed by atoms with Crippen LogP contribution in [0.1, 0.15) is 27.0 Å². The number of hydrogen-bond donors (Lipinski definition) is 1. The molecule has 0 saturated heterocycles. The molecule has 1 N–H and O–H groups in total. The molecule has 3 rings (SSSR count). The standard InChI is InChI=1S/C22H21NO2/c1-15-9-4-6-13-19(15)23-20-14-7-5-12-18(20)22(24)25-21-16(2)10-8-11-17(21)3/h4-14,23H,1-3H3. The van der Waals surface area contributed by atoms with Crippen LogP contribution in [0.4, 0.5) is 11.4 Å². The van der Waals surface area contributed by atoms with Crippen molar-refractivity contribution in [1.82, 2.24) is 0 Å². The zero-order valence-electron chi connectivity index (χ0n) is 14.7. The molecule has 0 heterocycles. The number of carbonyl (C=O) groups excluding carboxylic acids is 1. The number of carbonyl (C=O) groups is 1. The predicted molar refractivity (Wildman–Crippen MR) is 102 cm³/mol. The van der Waals surface area contributed by atoms with Crippen LogP contribution in [0.3, 0.4) is 0 Å². The van der Waals surface area contributed by atoms with Crippen LogP contribution in [0.15, 0.2) is 66.7 Å². The van der Waals surface area contributed by atoms with Gasteiger partial charge in [0.25, 0.3) is 0 Å². The molecule has 0 aromatic heterocycles. The molecule has 0 amide bonds. The first-order chi connectivity index (χ1) is 12.1. The summed E-state index contributed by atoms with van der Waals surface area (Å²) in [6.07, 6.45) is 0. The number of aryl methyl sites for hydroxylation is 3. The molecule has 0 radical (unpaired) electrons. The fourth-order valence-electron chi connectivity index (χ4n) is 2.74. The first kappa shape index (κ1) is 16.8. The average molecular weight is 331 g/mol. The number of para-hydroxylation sites is 3. The van der Waals surface area contributed by atoms with E-state index in [1.165, 1.54) is 0 Å². The van der Waals surface area contributed by atoms with Crippen molar-refractivity contribution in [3.05, 3.63) is 89.0 Å². The Hall–Kier alpha value is -3.07. The number of ether oxygens (including phenoxy) is 1. The molecule has 3 nitrogen and oxygen atoms in total. The lowest BCUT2D eigenvalue weighted by Crippen LogP contribution is -2.12. The van der Waals surface area contributed by atoms with Crippen molar-refractivity contribution in [2.45, 2.75) is 20.8 Å². The van der Waals surface area contributed by atoms with Gasteiger partial charge >= 0.3 is 5.97 Å². The molecule has 3 aromatic carbocycles. The highest BCUT2D eigenvalue weighted by molar-refractivity contribution is 5.98. The molecule has 25 heavy (non-hydrogen) atoms. The number of esters is 1. The molecule has 3 heteroatoms. The van der Waals surface area contributed by atoms with E-state index in [-0.39, 0.29) is 5.97 Å². The summed E-state index contributed by atoms with van der Waals surface area (Å²) in [5.74, 6) is 0.257. The fourth-order valence-corrected chi connectivity index (χ4v) is 2.74. The molecule has 126 valence electrons. The van der Waals surface area contributed by atoms with Crippen LogP contribution in [-0.2, 0) is 0 Å². The summed E-state index contributed by atoms with van der Waals surface area (Å²) in [5, 5.41) is 3.34. The molecule has 0 unspecified atom stereocenters. The molecule has 0 aliphatic heterocycles. The summed E-state index contributed by atoms with van der Waals surface area (Å²) >= 11 is 0. The smallest absolute Gasteiger partial charge is 0.345 e. The fraction of sp³-hybridized carbons (Fsp3) is 0.136. The largest absolute Gasteiger partial charge is 0.422 e. The Morgan fingerprint density at radius 1 is 0.720 bits per heavy atom. The van der Waals surface area contributed by atoms with Gasteiger partial charge in [-0.15, -0.1) is 0 Å². The number of rotatable bonds is 4. The summed E-state index contributed by atoms with van der Waals surface area (Å²) < 4.78 is 5.69. The third-order valence-corrected chi connectivity index (χ3v) is 4.16. The second-order valence-electron chi connectivity index (χ2n) is 6.10. The van der Waals surface area contributed by atoms with E-state index >= 15 is 0 Å². The van der Waals surface area contributed by atoms with Crippen molar-refractivity contribution in [3.63, 3.8) is 0 Å². The third-order valence-electron chi connectivity index (χ3n) is 4.16. The summed E-state index contributed by atoms with van der Waals surface area (Å²) in [7, 11) is 0. The quantitative estimate of drug-likeness (QED) is 0.501. The van der Waals surface area contributed by atoms with Crippen molar-refractivity contribution in [3.8, 4) is 5.75 Å². The van der Waals surface area contributed by atoms with Crippen LogP contribution >= 0.6 is 0 Å². The second kappa shape index (κ2) is 7.22. The van der Waals surface area contributed by atoms with Crippen LogP contribution < -0.4 is 10.1 Å². The van der Waals surface area contributed by atoms with Crippen molar-refractivity contribution in [2.75, 3.05) is 5.32 Å². The lowest BCUT2D eigenvalue weighted by Gasteiger charge is -2.15. The molecule has 0 aliphatic carbocycles. The molecular formula is C22H21NO2. The Labute approximate surface area is 148 Å². The van der Waals surface area contributed by atoms with Crippen molar-refractivity contribution < 1.29 is 9.53 Å². The first-order valence-electron chi connectivity index (χ1n) is 8.26. The van der Waals surface area contributed by atoms with Gasteiger partial charge in [0, 0.05) is 5.69 Å². The van der Waals surface area contributed by atoms with E-state index in [1.807, 2.05) is 81.4 Å². The van der Waals surface area contributed by atoms with Gasteiger partial charge in [0.2, 0.25) is 0 Å². The van der Waals surface area contributed by atoms with Gasteiger partial charge < -0.3 is 10.1 Å². The molecule has 0 fully saturated rings. The van der Waals surface area contributed by atoms with Gasteiger partial charge in [-0.2, -0.15) is 0 Å². The Morgan fingerprint density at radius 3 is 1.96 bits per heavy atom. The van der Waals surface area contributed by atoms with E-state index in [2.05, 4.69) is 5.32 Å². The molecule has 0 atom stereocenters. The predicted octanol–water partition coefficient (Wildman–Crippen LogP) is 5.57. The highest BCUT2D eigenvalue weighted by atomic mass is 16.5. The zero-order chi connectivity index (χ0) is 17.8. The average Bonchev–Trinajstić information content (AvgIpc) is 2.60. The Kier molecular flexibility index (Phi) is 4.85. The topological polar surface area (TPSA) is 38.3 Å². The van der Waals surface area contributed by atoms with E-state index in [1.54, 1.807) is 6.07 Å². The number of benzene rings is 3. The van der Waals surface area contributed by atoms with E-state index in [4.69, 9.17) is 4.74 Å². The monoisotopic (exact) mass is 331 g/mol. The first-order valence-corrected chi connectivity index (χ1v) is 8.26. The normalized spacial score (nSPS) is 10.4. The molecule has 3 aromatic rings. The van der Waals surface area contributed by atoms with E-state index in [0.717, 1.165) is 28.1 Å². The zero-order valence-corrected chi connectivity index (χ0v) is 14.7. The van der Waals surface area contributed by atoms with E-state index in [0.29, 0.717) is 11.3 Å². The number of anilines is 2. The van der Waals surface area contributed by atoms with Crippen molar-refractivity contribution in [2.24, 2.45) is 0 Å². The lowest BCUT2D eigenvalue weighted by molar-refractivity contribution is 0.0733. The second-order valence-corrected chi connectivity index (χ2v) is 6.10. The summed E-state index contributed by atoms with van der Waals surface area (Å²) in [6, 6.07) is 21.2. The van der Waals surface area contributed by atoms with Crippen LogP contribution in [-0.4, -0.2) is 5.97 Å². The van der Waals surface area contributed by atoms with Crippen molar-refractivity contribution in [1.29, 1.82) is 0 Å². The number of hydrogen-bond acceptors (Lipinski definition) is 3. The molecule has 0 bridgehead atoms. The maximum atomic E-state index is 12.8. The third kappa shape index (κ3) is 3.72. The van der Waals surface area contributed by atoms with Gasteiger partial charge in [-0.25, -0.2) is 4.79 Å². The van der Waals surface area contributed by atoms with Crippen LogP contribution in [0, 0.1) is 20.8 Å². The highest BCUT2D eigenvalue weighted by Crippen LogP contribution is 2.27. The lowest BCUT2D eigenvalue weighted by atomic mass is 10.1. The van der Waals surface area contributed by atoms with E-state index in [9.17, 15) is 4.79 Å².